The summed E-state index contributed by atoms with van der Waals surface area (Å²) in [4.78, 5) is 43.2. The summed E-state index contributed by atoms with van der Waals surface area (Å²) < 4.78 is 30.4. The number of nitrogens with one attached hydrogen (secondary N) is 1. The van der Waals surface area contributed by atoms with Gasteiger partial charge in [-0.25, -0.2) is 9.78 Å². The molecule has 0 aliphatic rings. The zero-order valence-electron chi connectivity index (χ0n) is 15.1. The van der Waals surface area contributed by atoms with Crippen LogP contribution in [-0.2, 0) is 4.74 Å². The molecule has 0 aromatic carbocycles. The number of pyridine rings is 1. The second-order valence-electron chi connectivity index (χ2n) is 5.83. The largest absolute Gasteiger partial charge is 0.451 e. The van der Waals surface area contributed by atoms with E-state index in [-0.39, 0.29) is 33.8 Å². The fourth-order valence-electron chi connectivity index (χ4n) is 2.73. The molecule has 2 aromatic rings. The summed E-state index contributed by atoms with van der Waals surface area (Å²) in [6.07, 6.45) is 0.100. The monoisotopic (exact) mass is 396 g/mol. The number of aromatic amines is 1. The van der Waals surface area contributed by atoms with E-state index in [4.69, 9.17) is 4.74 Å². The van der Waals surface area contributed by atoms with Gasteiger partial charge in [-0.05, 0) is 57.2 Å². The molecule has 1 atom stereocenters. The number of alkyl halides is 2. The Labute approximate surface area is 158 Å². The van der Waals surface area contributed by atoms with Gasteiger partial charge in [-0.1, -0.05) is 0 Å². The summed E-state index contributed by atoms with van der Waals surface area (Å²) in [6, 6.07) is 2.71. The number of thioether (sulfide) groups is 1. The molecular weight excluding hydrogens is 378 g/mol. The SMILES string of the molecule is CC(=O)c1c(C)[nH]c(C(=O)[C@@H](C)OC(=O)c2cccnc2SC(F)F)c1C. The van der Waals surface area contributed by atoms with Crippen molar-refractivity contribution in [1.29, 1.82) is 0 Å². The summed E-state index contributed by atoms with van der Waals surface area (Å²) in [6.45, 7) is 6.06. The third-order valence-corrected chi connectivity index (χ3v) is 4.61. The molecule has 0 saturated heterocycles. The van der Waals surface area contributed by atoms with E-state index in [2.05, 4.69) is 9.97 Å². The van der Waals surface area contributed by atoms with Crippen molar-refractivity contribution < 1.29 is 27.9 Å². The number of nitrogens with zero attached hydrogens (tertiary/aromatic N) is 1. The average molecular weight is 396 g/mol. The maximum absolute atomic E-state index is 12.6. The second-order valence-corrected chi connectivity index (χ2v) is 6.81. The highest BCUT2D eigenvalue weighted by Gasteiger charge is 2.27. The van der Waals surface area contributed by atoms with Gasteiger partial charge in [0.2, 0.25) is 5.78 Å². The van der Waals surface area contributed by atoms with Crippen LogP contribution in [0.25, 0.3) is 0 Å². The molecule has 0 spiro atoms. The zero-order valence-corrected chi connectivity index (χ0v) is 15.9. The fourth-order valence-corrected chi connectivity index (χ4v) is 3.30. The van der Waals surface area contributed by atoms with Crippen molar-refractivity contribution in [2.75, 3.05) is 0 Å². The number of carbonyl (C=O) groups excluding carboxylic acids is 3. The van der Waals surface area contributed by atoms with Crippen molar-refractivity contribution in [2.24, 2.45) is 0 Å². The van der Waals surface area contributed by atoms with Crippen LogP contribution in [0.2, 0.25) is 0 Å². The average Bonchev–Trinajstić information content (AvgIpc) is 2.88. The maximum Gasteiger partial charge on any atom is 0.341 e. The van der Waals surface area contributed by atoms with Crippen LogP contribution in [-0.4, -0.2) is 39.4 Å². The Bertz CT molecular complexity index is 895. The van der Waals surface area contributed by atoms with Crippen molar-refractivity contribution in [2.45, 2.75) is 44.6 Å². The zero-order chi connectivity index (χ0) is 20.3. The van der Waals surface area contributed by atoms with E-state index in [1.54, 1.807) is 13.8 Å². The number of Topliss-reactive ketones (excluding diaryl/α,β-unsaturated/α-hetero) is 2. The van der Waals surface area contributed by atoms with Gasteiger partial charge in [0.15, 0.2) is 11.9 Å². The van der Waals surface area contributed by atoms with Crippen molar-refractivity contribution in [3.05, 3.63) is 46.4 Å². The van der Waals surface area contributed by atoms with E-state index in [0.29, 0.717) is 16.8 Å². The van der Waals surface area contributed by atoms with Crippen LogP contribution in [0, 0.1) is 13.8 Å². The first-order chi connectivity index (χ1) is 12.6. The van der Waals surface area contributed by atoms with Crippen LogP contribution >= 0.6 is 11.8 Å². The molecule has 2 aromatic heterocycles. The van der Waals surface area contributed by atoms with Gasteiger partial charge < -0.3 is 9.72 Å². The Hall–Kier alpha value is -2.55. The number of ether oxygens (including phenoxy) is 1. The predicted octanol–water partition coefficient (Wildman–Crippen LogP) is 3.97. The van der Waals surface area contributed by atoms with Gasteiger partial charge in [-0.2, -0.15) is 8.78 Å². The Morgan fingerprint density at radius 1 is 1.26 bits per heavy atom. The molecule has 2 rings (SSSR count). The molecule has 0 saturated carbocycles. The van der Waals surface area contributed by atoms with Crippen LogP contribution in [0.1, 0.15) is 56.3 Å². The lowest BCUT2D eigenvalue weighted by Gasteiger charge is -2.13. The van der Waals surface area contributed by atoms with Crippen molar-refractivity contribution in [3.8, 4) is 0 Å². The van der Waals surface area contributed by atoms with Crippen LogP contribution in [0.15, 0.2) is 23.4 Å². The molecule has 0 fully saturated rings. The third kappa shape index (κ3) is 4.60. The molecule has 6 nitrogen and oxygen atoms in total. The summed E-state index contributed by atoms with van der Waals surface area (Å²) in [5, 5.41) is -0.178. The first kappa shape index (κ1) is 20.8. The molecule has 0 amide bonds. The molecular formula is C18H18F2N2O4S. The number of carbonyl (C=O) groups is 3. The third-order valence-electron chi connectivity index (χ3n) is 3.88. The van der Waals surface area contributed by atoms with Crippen molar-refractivity contribution >= 4 is 29.3 Å². The van der Waals surface area contributed by atoms with E-state index in [0.717, 1.165) is 0 Å². The Morgan fingerprint density at radius 3 is 2.48 bits per heavy atom. The Morgan fingerprint density at radius 2 is 1.93 bits per heavy atom. The highest BCUT2D eigenvalue weighted by molar-refractivity contribution is 7.99. The van der Waals surface area contributed by atoms with Crippen LogP contribution in [0.4, 0.5) is 8.78 Å². The number of halogens is 2. The van der Waals surface area contributed by atoms with Crippen LogP contribution in [0.5, 0.6) is 0 Å². The molecule has 9 heteroatoms. The lowest BCUT2D eigenvalue weighted by atomic mass is 10.0. The first-order valence-corrected chi connectivity index (χ1v) is 8.86. The van der Waals surface area contributed by atoms with E-state index in [1.165, 1.54) is 32.2 Å². The second kappa shape index (κ2) is 8.43. The summed E-state index contributed by atoms with van der Waals surface area (Å²) in [7, 11) is 0. The summed E-state index contributed by atoms with van der Waals surface area (Å²) >= 11 is 0.122. The van der Waals surface area contributed by atoms with Gasteiger partial charge in [0.05, 0.1) is 11.3 Å². The number of aryl methyl sites for hydroxylation is 1. The van der Waals surface area contributed by atoms with Crippen molar-refractivity contribution in [3.63, 3.8) is 0 Å². The molecule has 1 N–H and O–H groups in total. The summed E-state index contributed by atoms with van der Waals surface area (Å²) in [5.41, 5.74) is 1.46. The van der Waals surface area contributed by atoms with Gasteiger partial charge in [-0.15, -0.1) is 0 Å². The van der Waals surface area contributed by atoms with Crippen molar-refractivity contribution in [1.82, 2.24) is 9.97 Å². The molecule has 0 unspecified atom stereocenters. The number of ketones is 2. The minimum atomic E-state index is -2.75. The van der Waals surface area contributed by atoms with Gasteiger partial charge >= 0.3 is 5.97 Å². The summed E-state index contributed by atoms with van der Waals surface area (Å²) in [5.74, 6) is -4.39. The molecule has 144 valence electrons. The fraction of sp³-hybridized carbons (Fsp3) is 0.333. The standard InChI is InChI=1S/C18H18F2N2O4S/c1-8-13(10(3)23)9(2)22-14(8)15(24)11(4)26-17(25)12-6-5-7-21-16(12)27-18(19)20/h5-7,11,18,22H,1-4H3/t11-/m1/s1. The van der Waals surface area contributed by atoms with Gasteiger partial charge in [0.25, 0.3) is 5.76 Å². The quantitative estimate of drug-likeness (QED) is 0.433. The number of aromatic nitrogens is 2. The van der Waals surface area contributed by atoms with E-state index in [9.17, 15) is 23.2 Å². The number of esters is 1. The lowest BCUT2D eigenvalue weighted by molar-refractivity contribution is 0.0312. The van der Waals surface area contributed by atoms with E-state index >= 15 is 0 Å². The maximum atomic E-state index is 12.6. The smallest absolute Gasteiger partial charge is 0.341 e. The minimum Gasteiger partial charge on any atom is -0.451 e. The molecule has 0 aliphatic carbocycles. The molecule has 0 aliphatic heterocycles. The normalized spacial score (nSPS) is 12.1. The van der Waals surface area contributed by atoms with Crippen LogP contribution in [0.3, 0.4) is 0 Å². The first-order valence-electron chi connectivity index (χ1n) is 7.98. The van der Waals surface area contributed by atoms with Gasteiger partial charge in [-0.3, -0.25) is 9.59 Å². The molecule has 2 heterocycles. The number of H-pyrrole nitrogens is 1. The Kier molecular flexibility index (Phi) is 6.48. The highest BCUT2D eigenvalue weighted by Crippen LogP contribution is 2.27. The van der Waals surface area contributed by atoms with E-state index < -0.39 is 23.6 Å². The number of rotatable bonds is 7. The topological polar surface area (TPSA) is 89.1 Å². The van der Waals surface area contributed by atoms with Gasteiger partial charge in [0.1, 0.15) is 5.03 Å². The number of hydrogen-bond donors (Lipinski definition) is 1. The number of hydrogen-bond acceptors (Lipinski definition) is 6. The predicted molar refractivity (Wildman–Crippen MR) is 95.6 cm³/mol. The van der Waals surface area contributed by atoms with E-state index in [1.807, 2.05) is 0 Å². The highest BCUT2D eigenvalue weighted by atomic mass is 32.2. The molecule has 0 bridgehead atoms. The molecule has 27 heavy (non-hydrogen) atoms. The molecule has 0 radical (unpaired) electrons. The minimum absolute atomic E-state index is 0.122. The van der Waals surface area contributed by atoms with Crippen LogP contribution < -0.4 is 0 Å². The lowest BCUT2D eigenvalue weighted by Crippen LogP contribution is -2.25. The Balaban J connectivity index is 2.22. The van der Waals surface area contributed by atoms with Gasteiger partial charge in [0, 0.05) is 17.5 Å².